The Morgan fingerprint density at radius 2 is 1.91 bits per heavy atom. The number of benzene rings is 2. The first-order chi connectivity index (χ1) is 11.1. The van der Waals surface area contributed by atoms with E-state index in [1.165, 1.54) is 12.1 Å². The zero-order valence-corrected chi connectivity index (χ0v) is 13.5. The van der Waals surface area contributed by atoms with Gasteiger partial charge in [-0.1, -0.05) is 18.2 Å². The van der Waals surface area contributed by atoms with Crippen LogP contribution >= 0.6 is 0 Å². The lowest BCUT2D eigenvalue weighted by Crippen LogP contribution is -2.08. The molecule has 0 bridgehead atoms. The molecule has 1 atom stereocenters. The van der Waals surface area contributed by atoms with Crippen molar-refractivity contribution in [1.82, 2.24) is 0 Å². The Hall–Kier alpha value is -2.54. The number of ether oxygens (including phenoxy) is 1. The summed E-state index contributed by atoms with van der Waals surface area (Å²) in [6.45, 7) is 0.552. The summed E-state index contributed by atoms with van der Waals surface area (Å²) in [5, 5.41) is 9.27. The van der Waals surface area contributed by atoms with Gasteiger partial charge in [0.05, 0.1) is 18.6 Å². The molecule has 120 valence electrons. The summed E-state index contributed by atoms with van der Waals surface area (Å²) < 4.78 is 18.7. The fraction of sp³-hybridized carbons (Fsp3) is 0.316. The highest BCUT2D eigenvalue weighted by atomic mass is 19.1. The molecule has 0 fully saturated rings. The van der Waals surface area contributed by atoms with Crippen molar-refractivity contribution in [3.63, 3.8) is 0 Å². The van der Waals surface area contributed by atoms with Gasteiger partial charge in [0.1, 0.15) is 11.6 Å². The number of nitrogens with zero attached hydrogens (tertiary/aromatic N) is 2. The Kier molecular flexibility index (Phi) is 5.99. The second kappa shape index (κ2) is 8.19. The van der Waals surface area contributed by atoms with Gasteiger partial charge in [0.25, 0.3) is 0 Å². The van der Waals surface area contributed by atoms with Gasteiger partial charge in [-0.05, 0) is 42.7 Å². The molecule has 0 N–H and O–H groups in total. The molecule has 0 aliphatic carbocycles. The quantitative estimate of drug-likeness (QED) is 0.713. The van der Waals surface area contributed by atoms with Crippen LogP contribution in [0.15, 0.2) is 48.5 Å². The number of rotatable bonds is 7. The normalized spacial score (nSPS) is 11.6. The number of anilines is 1. The molecule has 0 radical (unpaired) electrons. The minimum absolute atomic E-state index is 0.229. The number of hydrogen-bond acceptors (Lipinski definition) is 3. The van der Waals surface area contributed by atoms with Crippen molar-refractivity contribution >= 4 is 5.69 Å². The third kappa shape index (κ3) is 5.00. The Bertz CT molecular complexity index is 662. The first kappa shape index (κ1) is 16.8. The molecule has 0 saturated heterocycles. The van der Waals surface area contributed by atoms with E-state index in [2.05, 4.69) is 6.07 Å². The van der Waals surface area contributed by atoms with Gasteiger partial charge in [-0.2, -0.15) is 5.26 Å². The summed E-state index contributed by atoms with van der Waals surface area (Å²) >= 11 is 0. The smallest absolute Gasteiger partial charge is 0.123 e. The number of halogens is 1. The molecule has 1 unspecified atom stereocenters. The van der Waals surface area contributed by atoms with Crippen molar-refractivity contribution in [2.75, 3.05) is 25.6 Å². The minimum atomic E-state index is -0.283. The molecule has 0 aliphatic rings. The zero-order valence-electron chi connectivity index (χ0n) is 13.5. The van der Waals surface area contributed by atoms with Crippen LogP contribution in [0.5, 0.6) is 5.75 Å². The molecule has 2 aromatic carbocycles. The van der Waals surface area contributed by atoms with E-state index >= 15 is 0 Å². The lowest BCUT2D eigenvalue weighted by atomic mass is 9.96. The fourth-order valence-electron chi connectivity index (χ4n) is 2.33. The SMILES string of the molecule is CN(C)c1cccc(OCCCC(C#N)c2ccc(F)cc2)c1. The standard InChI is InChI=1S/C19H21FN2O/c1-22(2)18-6-3-7-19(13-18)23-12-4-5-16(14-21)15-8-10-17(20)11-9-15/h3,6-11,13,16H,4-5,12H2,1-2H3. The van der Waals surface area contributed by atoms with Gasteiger partial charge in [-0.15, -0.1) is 0 Å². The summed E-state index contributed by atoms with van der Waals surface area (Å²) in [6.07, 6.45) is 1.46. The maximum Gasteiger partial charge on any atom is 0.123 e. The van der Waals surface area contributed by atoms with Crippen LogP contribution in [0.25, 0.3) is 0 Å². The molecule has 0 aliphatic heterocycles. The highest BCUT2D eigenvalue weighted by molar-refractivity contribution is 5.49. The third-order valence-electron chi connectivity index (χ3n) is 3.67. The molecule has 0 amide bonds. The van der Waals surface area contributed by atoms with Crippen molar-refractivity contribution < 1.29 is 9.13 Å². The Labute approximate surface area is 136 Å². The van der Waals surface area contributed by atoms with Crippen molar-refractivity contribution in [3.05, 3.63) is 59.9 Å². The second-order valence-corrected chi connectivity index (χ2v) is 5.62. The van der Waals surface area contributed by atoms with Crippen LogP contribution in [0.4, 0.5) is 10.1 Å². The van der Waals surface area contributed by atoms with E-state index in [1.54, 1.807) is 12.1 Å². The number of hydrogen-bond donors (Lipinski definition) is 0. The maximum atomic E-state index is 12.9. The molecule has 0 heterocycles. The molecule has 3 nitrogen and oxygen atoms in total. The van der Waals surface area contributed by atoms with Crippen LogP contribution in [-0.4, -0.2) is 20.7 Å². The van der Waals surface area contributed by atoms with Gasteiger partial charge in [0.15, 0.2) is 0 Å². The molecule has 0 spiro atoms. The van der Waals surface area contributed by atoms with Crippen LogP contribution in [0.1, 0.15) is 24.3 Å². The third-order valence-corrected chi connectivity index (χ3v) is 3.67. The van der Waals surface area contributed by atoms with E-state index in [0.29, 0.717) is 13.0 Å². The summed E-state index contributed by atoms with van der Waals surface area (Å²) in [4.78, 5) is 2.02. The van der Waals surface area contributed by atoms with Gasteiger partial charge in [0.2, 0.25) is 0 Å². The lowest BCUT2D eigenvalue weighted by molar-refractivity contribution is 0.305. The van der Waals surface area contributed by atoms with E-state index < -0.39 is 0 Å². The second-order valence-electron chi connectivity index (χ2n) is 5.62. The molecular formula is C19H21FN2O. The van der Waals surface area contributed by atoms with Gasteiger partial charge < -0.3 is 9.64 Å². The summed E-state index contributed by atoms with van der Waals surface area (Å²) in [6, 6.07) is 16.3. The molecular weight excluding hydrogens is 291 g/mol. The van der Waals surface area contributed by atoms with Crippen molar-refractivity contribution in [1.29, 1.82) is 5.26 Å². The molecule has 2 aromatic rings. The monoisotopic (exact) mass is 312 g/mol. The molecule has 0 aromatic heterocycles. The van der Waals surface area contributed by atoms with Crippen LogP contribution in [-0.2, 0) is 0 Å². The van der Waals surface area contributed by atoms with E-state index in [4.69, 9.17) is 4.74 Å². The van der Waals surface area contributed by atoms with Crippen LogP contribution < -0.4 is 9.64 Å². The summed E-state index contributed by atoms with van der Waals surface area (Å²) in [7, 11) is 3.97. The van der Waals surface area contributed by atoms with Gasteiger partial charge in [-0.3, -0.25) is 0 Å². The van der Waals surface area contributed by atoms with Gasteiger partial charge in [0, 0.05) is 25.8 Å². The zero-order chi connectivity index (χ0) is 16.7. The predicted molar refractivity (Wildman–Crippen MR) is 90.3 cm³/mol. The van der Waals surface area contributed by atoms with Crippen molar-refractivity contribution in [2.24, 2.45) is 0 Å². The minimum Gasteiger partial charge on any atom is -0.494 e. The number of nitriles is 1. The maximum absolute atomic E-state index is 12.9. The van der Waals surface area contributed by atoms with E-state index in [0.717, 1.165) is 23.4 Å². The molecule has 23 heavy (non-hydrogen) atoms. The largest absolute Gasteiger partial charge is 0.494 e. The fourth-order valence-corrected chi connectivity index (χ4v) is 2.33. The summed E-state index contributed by atoms with van der Waals surface area (Å²) in [5.74, 6) is 0.313. The molecule has 0 saturated carbocycles. The van der Waals surface area contributed by atoms with Crippen LogP contribution in [0.2, 0.25) is 0 Å². The topological polar surface area (TPSA) is 36.3 Å². The predicted octanol–water partition coefficient (Wildman–Crippen LogP) is 4.36. The average Bonchev–Trinajstić information content (AvgIpc) is 2.56. The summed E-state index contributed by atoms with van der Waals surface area (Å²) in [5.41, 5.74) is 1.94. The van der Waals surface area contributed by atoms with E-state index in [1.807, 2.05) is 43.3 Å². The van der Waals surface area contributed by atoms with Crippen molar-refractivity contribution in [3.8, 4) is 11.8 Å². The van der Waals surface area contributed by atoms with Crippen LogP contribution in [0, 0.1) is 17.1 Å². The van der Waals surface area contributed by atoms with E-state index in [9.17, 15) is 9.65 Å². The Morgan fingerprint density at radius 1 is 1.17 bits per heavy atom. The highest BCUT2D eigenvalue weighted by Gasteiger charge is 2.10. The lowest BCUT2D eigenvalue weighted by Gasteiger charge is -2.14. The molecule has 2 rings (SSSR count). The first-order valence-electron chi connectivity index (χ1n) is 7.65. The van der Waals surface area contributed by atoms with Crippen molar-refractivity contribution in [2.45, 2.75) is 18.8 Å². The van der Waals surface area contributed by atoms with Crippen LogP contribution in [0.3, 0.4) is 0 Å². The highest BCUT2D eigenvalue weighted by Crippen LogP contribution is 2.22. The molecule has 4 heteroatoms. The van der Waals surface area contributed by atoms with E-state index in [-0.39, 0.29) is 11.7 Å². The Morgan fingerprint density at radius 3 is 2.57 bits per heavy atom. The van der Waals surface area contributed by atoms with Gasteiger partial charge >= 0.3 is 0 Å². The average molecular weight is 312 g/mol. The first-order valence-corrected chi connectivity index (χ1v) is 7.65. The Balaban J connectivity index is 1.83. The van der Waals surface area contributed by atoms with Gasteiger partial charge in [-0.25, -0.2) is 4.39 Å².